The first kappa shape index (κ1) is 32.6. The Morgan fingerprint density at radius 3 is 2.53 bits per heavy atom. The quantitative estimate of drug-likeness (QED) is 0.249. The lowest BCUT2D eigenvalue weighted by Gasteiger charge is -2.38. The third kappa shape index (κ3) is 7.05. The number of hydrogen-bond acceptors (Lipinski definition) is 8. The van der Waals surface area contributed by atoms with Crippen LogP contribution in [0.25, 0.3) is 10.6 Å². The summed E-state index contributed by atoms with van der Waals surface area (Å²) < 4.78 is 34.5. The van der Waals surface area contributed by atoms with Crippen LogP contribution in [-0.2, 0) is 10.0 Å². The Hall–Kier alpha value is -3.81. The van der Waals surface area contributed by atoms with Gasteiger partial charge in [-0.25, -0.2) is 13.4 Å². The number of amides is 2. The molecular weight excluding hydrogens is 636 g/mol. The number of anilines is 1. The number of ether oxygens (including phenoxy) is 1. The molecule has 0 fully saturated rings. The van der Waals surface area contributed by atoms with Crippen LogP contribution in [0.4, 0.5) is 5.69 Å². The van der Waals surface area contributed by atoms with Crippen molar-refractivity contribution < 1.29 is 27.9 Å². The molecule has 0 bridgehead atoms. The number of sulfonamides is 1. The van der Waals surface area contributed by atoms with Gasteiger partial charge in [0.15, 0.2) is 5.75 Å². The van der Waals surface area contributed by atoms with E-state index < -0.39 is 28.1 Å². The molecular formula is C32H33ClN4O6S2. The van der Waals surface area contributed by atoms with Gasteiger partial charge in [0.1, 0.15) is 11.1 Å². The topological polar surface area (TPSA) is 129 Å². The fraction of sp³-hybridized carbons (Fsp3) is 0.281. The van der Waals surface area contributed by atoms with Crippen LogP contribution in [0.15, 0.2) is 83.2 Å². The molecule has 3 aromatic carbocycles. The van der Waals surface area contributed by atoms with Crippen LogP contribution in [0.2, 0.25) is 5.02 Å². The number of likely N-dealkylation sites (N-methyl/N-ethyl adjacent to an activating group) is 1. The normalized spacial score (nSPS) is 17.6. The Kier molecular flexibility index (Phi) is 9.90. The fourth-order valence-corrected chi connectivity index (χ4v) is 6.98. The number of aliphatic hydroxyl groups is 1. The summed E-state index contributed by atoms with van der Waals surface area (Å²) in [6.45, 7) is 3.48. The monoisotopic (exact) mass is 668 g/mol. The highest BCUT2D eigenvalue weighted by Crippen LogP contribution is 2.36. The molecule has 0 spiro atoms. The summed E-state index contributed by atoms with van der Waals surface area (Å²) in [6.07, 6.45) is 0.986. The second-order valence-electron chi connectivity index (χ2n) is 10.9. The molecule has 1 aromatic heterocycles. The van der Waals surface area contributed by atoms with Crippen LogP contribution in [0.5, 0.6) is 5.75 Å². The Bertz CT molecular complexity index is 1770. The SMILES string of the molecule is C[C@@H]1CN([C@@H](C)CO)C(=O)c2cccc(NC(=O)c3ccc(-c4nccs4)cc3)c2O[C@@H]1CN(C)S(=O)(=O)c1ccc(Cl)cc1. The van der Waals surface area contributed by atoms with Crippen molar-refractivity contribution >= 4 is 50.5 Å². The van der Waals surface area contributed by atoms with Gasteiger partial charge in [-0.2, -0.15) is 4.31 Å². The van der Waals surface area contributed by atoms with Gasteiger partial charge in [-0.3, -0.25) is 9.59 Å². The lowest BCUT2D eigenvalue weighted by atomic mass is 9.99. The zero-order chi connectivity index (χ0) is 32.3. The molecule has 236 valence electrons. The highest BCUT2D eigenvalue weighted by Gasteiger charge is 2.36. The smallest absolute Gasteiger partial charge is 0.258 e. The van der Waals surface area contributed by atoms with E-state index in [2.05, 4.69) is 10.3 Å². The van der Waals surface area contributed by atoms with E-state index in [0.29, 0.717) is 10.6 Å². The minimum Gasteiger partial charge on any atom is -0.486 e. The number of carbonyl (C=O) groups is 2. The van der Waals surface area contributed by atoms with Gasteiger partial charge in [0.25, 0.3) is 11.8 Å². The van der Waals surface area contributed by atoms with E-state index in [1.54, 1.807) is 48.4 Å². The standard InChI is InChI=1S/C32H33ClN4O6S2/c1-20-17-37(21(2)19-38)32(40)26-5-4-6-27(35-30(39)22-7-9-23(10-8-22)31-34-15-16-44-31)29(26)43-28(20)18-36(3)45(41,42)25-13-11-24(33)12-14-25/h4-16,20-21,28,38H,17-19H2,1-3H3,(H,35,39)/t20-,21+,28-/m1/s1. The molecule has 0 saturated carbocycles. The zero-order valence-electron chi connectivity index (χ0n) is 24.9. The second-order valence-corrected chi connectivity index (χ2v) is 14.3. The summed E-state index contributed by atoms with van der Waals surface area (Å²) in [7, 11) is -2.45. The maximum Gasteiger partial charge on any atom is 0.258 e. The van der Waals surface area contributed by atoms with Gasteiger partial charge in [-0.1, -0.05) is 36.7 Å². The van der Waals surface area contributed by atoms with Crippen LogP contribution >= 0.6 is 22.9 Å². The number of benzene rings is 3. The van der Waals surface area contributed by atoms with Crippen molar-refractivity contribution in [2.75, 3.05) is 32.1 Å². The van der Waals surface area contributed by atoms with Crippen molar-refractivity contribution in [1.29, 1.82) is 0 Å². The molecule has 0 aliphatic carbocycles. The van der Waals surface area contributed by atoms with Crippen molar-refractivity contribution in [2.45, 2.75) is 30.9 Å². The number of rotatable bonds is 9. The Morgan fingerprint density at radius 1 is 1.18 bits per heavy atom. The molecule has 4 aromatic rings. The van der Waals surface area contributed by atoms with Crippen molar-refractivity contribution in [3.05, 3.63) is 94.5 Å². The number of nitrogens with zero attached hydrogens (tertiary/aromatic N) is 3. The summed E-state index contributed by atoms with van der Waals surface area (Å²) in [5.74, 6) is -1.02. The highest BCUT2D eigenvalue weighted by molar-refractivity contribution is 7.89. The van der Waals surface area contributed by atoms with E-state index in [4.69, 9.17) is 16.3 Å². The van der Waals surface area contributed by atoms with Crippen LogP contribution in [0, 0.1) is 5.92 Å². The third-order valence-corrected chi connectivity index (χ3v) is 10.6. The van der Waals surface area contributed by atoms with Gasteiger partial charge in [0, 0.05) is 47.2 Å². The average molecular weight is 669 g/mol. The van der Waals surface area contributed by atoms with Gasteiger partial charge in [0.05, 0.1) is 35.3 Å². The molecule has 13 heteroatoms. The number of thiazole rings is 1. The number of fused-ring (bicyclic) bond motifs is 1. The number of nitrogens with one attached hydrogen (secondary N) is 1. The number of aliphatic hydroxyl groups excluding tert-OH is 1. The van der Waals surface area contributed by atoms with Gasteiger partial charge >= 0.3 is 0 Å². The largest absolute Gasteiger partial charge is 0.486 e. The number of halogens is 1. The van der Waals surface area contributed by atoms with E-state index in [1.165, 1.54) is 47.0 Å². The molecule has 0 unspecified atom stereocenters. The number of para-hydroxylation sites is 1. The summed E-state index contributed by atoms with van der Waals surface area (Å²) >= 11 is 7.46. The van der Waals surface area contributed by atoms with E-state index >= 15 is 0 Å². The van der Waals surface area contributed by atoms with Crippen LogP contribution < -0.4 is 10.1 Å². The predicted molar refractivity (Wildman–Crippen MR) is 174 cm³/mol. The van der Waals surface area contributed by atoms with Crippen molar-refractivity contribution in [3.63, 3.8) is 0 Å². The minimum absolute atomic E-state index is 0.0540. The van der Waals surface area contributed by atoms with Gasteiger partial charge in [0.2, 0.25) is 10.0 Å². The van der Waals surface area contributed by atoms with Crippen LogP contribution in [0.3, 0.4) is 0 Å². The molecule has 0 radical (unpaired) electrons. The molecule has 1 aliphatic heterocycles. The molecule has 2 amide bonds. The van der Waals surface area contributed by atoms with Crippen molar-refractivity contribution in [3.8, 4) is 16.3 Å². The van der Waals surface area contributed by atoms with Crippen LogP contribution in [0.1, 0.15) is 34.6 Å². The summed E-state index contributed by atoms with van der Waals surface area (Å²) in [4.78, 5) is 33.1. The summed E-state index contributed by atoms with van der Waals surface area (Å²) in [6, 6.07) is 17.2. The molecule has 3 atom stereocenters. The molecule has 2 heterocycles. The molecule has 10 nitrogen and oxygen atoms in total. The first-order chi connectivity index (χ1) is 21.5. The third-order valence-electron chi connectivity index (χ3n) is 7.72. The summed E-state index contributed by atoms with van der Waals surface area (Å²) in [5, 5.41) is 16.0. The predicted octanol–water partition coefficient (Wildman–Crippen LogP) is 5.26. The Balaban J connectivity index is 1.47. The maximum absolute atomic E-state index is 13.8. The molecule has 0 saturated heterocycles. The first-order valence-corrected chi connectivity index (χ1v) is 16.9. The number of carbonyl (C=O) groups excluding carboxylic acids is 2. The van der Waals surface area contributed by atoms with E-state index in [1.807, 2.05) is 24.4 Å². The van der Waals surface area contributed by atoms with Gasteiger partial charge < -0.3 is 20.1 Å². The number of aromatic nitrogens is 1. The average Bonchev–Trinajstić information content (AvgIpc) is 3.58. The summed E-state index contributed by atoms with van der Waals surface area (Å²) in [5.41, 5.74) is 1.72. The Labute approximate surface area is 271 Å². The number of hydrogen-bond donors (Lipinski definition) is 2. The molecule has 45 heavy (non-hydrogen) atoms. The molecule has 5 rings (SSSR count). The van der Waals surface area contributed by atoms with Crippen LogP contribution in [-0.4, -0.2) is 78.4 Å². The lowest BCUT2D eigenvalue weighted by Crippen LogP contribution is -2.50. The minimum atomic E-state index is -3.91. The molecule has 1 aliphatic rings. The highest BCUT2D eigenvalue weighted by atomic mass is 35.5. The second kappa shape index (κ2) is 13.7. The van der Waals surface area contributed by atoms with Crippen molar-refractivity contribution in [2.24, 2.45) is 5.92 Å². The van der Waals surface area contributed by atoms with E-state index in [0.717, 1.165) is 10.6 Å². The fourth-order valence-electron chi connectivity index (χ4n) is 5.02. The lowest BCUT2D eigenvalue weighted by molar-refractivity contribution is 0.0388. The van der Waals surface area contributed by atoms with Crippen molar-refractivity contribution in [1.82, 2.24) is 14.2 Å². The molecule has 2 N–H and O–H groups in total. The first-order valence-electron chi connectivity index (χ1n) is 14.2. The maximum atomic E-state index is 13.8. The zero-order valence-corrected chi connectivity index (χ0v) is 27.3. The Morgan fingerprint density at radius 2 is 1.89 bits per heavy atom. The van der Waals surface area contributed by atoms with Gasteiger partial charge in [-0.15, -0.1) is 11.3 Å². The van der Waals surface area contributed by atoms with Gasteiger partial charge in [-0.05, 0) is 55.5 Å². The van der Waals surface area contributed by atoms with E-state index in [9.17, 15) is 23.1 Å². The van der Waals surface area contributed by atoms with E-state index in [-0.39, 0.29) is 53.4 Å².